The zero-order valence-electron chi connectivity index (χ0n) is 16.5. The van der Waals surface area contributed by atoms with Crippen LogP contribution >= 0.6 is 0 Å². The lowest BCUT2D eigenvalue weighted by Gasteiger charge is -2.32. The first kappa shape index (κ1) is 20.2. The molecule has 0 atom stereocenters. The number of rotatable bonds is 7. The van der Waals surface area contributed by atoms with Crippen LogP contribution < -0.4 is 10.2 Å². The molecular weight excluding hydrogens is 328 g/mol. The highest BCUT2D eigenvalue weighted by Crippen LogP contribution is 2.24. The summed E-state index contributed by atoms with van der Waals surface area (Å²) in [4.78, 5) is 29.9. The number of likely N-dealkylation sites (N-methyl/N-ethyl adjacent to an activating group) is 1. The molecule has 1 saturated heterocycles. The van der Waals surface area contributed by atoms with Gasteiger partial charge < -0.3 is 20.0 Å². The topological polar surface area (TPSA) is 55.9 Å². The second-order valence-corrected chi connectivity index (χ2v) is 7.51. The zero-order chi connectivity index (χ0) is 19.1. The Hall–Kier alpha value is -2.08. The van der Waals surface area contributed by atoms with Gasteiger partial charge in [-0.3, -0.25) is 9.59 Å². The summed E-state index contributed by atoms with van der Waals surface area (Å²) in [5.74, 6) is 0.553. The highest BCUT2D eigenvalue weighted by atomic mass is 16.2. The molecule has 0 aromatic heterocycles. The number of piperidine rings is 1. The third kappa shape index (κ3) is 6.33. The first-order chi connectivity index (χ1) is 12.3. The van der Waals surface area contributed by atoms with Gasteiger partial charge in [-0.25, -0.2) is 0 Å². The van der Waals surface area contributed by atoms with E-state index in [4.69, 9.17) is 0 Å². The van der Waals surface area contributed by atoms with Crippen molar-refractivity contribution < 1.29 is 9.59 Å². The molecule has 1 aliphatic heterocycles. The van der Waals surface area contributed by atoms with Crippen molar-refractivity contribution in [2.75, 3.05) is 57.0 Å². The van der Waals surface area contributed by atoms with Crippen LogP contribution in [0.15, 0.2) is 24.3 Å². The quantitative estimate of drug-likeness (QED) is 0.810. The first-order valence-corrected chi connectivity index (χ1v) is 9.40. The van der Waals surface area contributed by atoms with E-state index in [2.05, 4.69) is 29.3 Å². The third-order valence-corrected chi connectivity index (χ3v) is 4.90. The van der Waals surface area contributed by atoms with Crippen molar-refractivity contribution in [2.45, 2.75) is 26.7 Å². The molecule has 0 saturated carbocycles. The minimum absolute atomic E-state index is 0.0783. The SMILES string of the molecule is CC(=O)N(CCN(C)C)CC(=O)Nc1ccc(N2CCC(C)CC2)cc1. The van der Waals surface area contributed by atoms with Gasteiger partial charge in [-0.2, -0.15) is 0 Å². The Morgan fingerprint density at radius 3 is 2.27 bits per heavy atom. The van der Waals surface area contributed by atoms with Gasteiger partial charge in [0.15, 0.2) is 0 Å². The molecule has 1 N–H and O–H groups in total. The molecule has 2 amide bonds. The van der Waals surface area contributed by atoms with Gasteiger partial charge in [0, 0.05) is 44.5 Å². The summed E-state index contributed by atoms with van der Waals surface area (Å²) in [6.07, 6.45) is 2.46. The number of carbonyl (C=O) groups excluding carboxylic acids is 2. The van der Waals surface area contributed by atoms with E-state index in [1.807, 2.05) is 31.1 Å². The van der Waals surface area contributed by atoms with Crippen molar-refractivity contribution in [3.05, 3.63) is 24.3 Å². The molecule has 0 aliphatic carbocycles. The van der Waals surface area contributed by atoms with Crippen molar-refractivity contribution in [2.24, 2.45) is 5.92 Å². The molecule has 0 unspecified atom stereocenters. The summed E-state index contributed by atoms with van der Waals surface area (Å²) in [7, 11) is 3.89. The average Bonchev–Trinajstić information content (AvgIpc) is 2.59. The van der Waals surface area contributed by atoms with Gasteiger partial charge in [-0.05, 0) is 57.1 Å². The van der Waals surface area contributed by atoms with Crippen LogP contribution in [0.3, 0.4) is 0 Å². The van der Waals surface area contributed by atoms with Crippen LogP contribution in [0.25, 0.3) is 0 Å². The van der Waals surface area contributed by atoms with E-state index in [-0.39, 0.29) is 18.4 Å². The fourth-order valence-corrected chi connectivity index (χ4v) is 3.06. The van der Waals surface area contributed by atoms with Gasteiger partial charge in [0.2, 0.25) is 11.8 Å². The van der Waals surface area contributed by atoms with Crippen molar-refractivity contribution in [3.63, 3.8) is 0 Å². The summed E-state index contributed by atoms with van der Waals surface area (Å²) in [6, 6.07) is 7.98. The fraction of sp³-hybridized carbons (Fsp3) is 0.600. The van der Waals surface area contributed by atoms with Crippen LogP contribution in [0.2, 0.25) is 0 Å². The summed E-state index contributed by atoms with van der Waals surface area (Å²) >= 11 is 0. The molecule has 1 heterocycles. The number of carbonyl (C=O) groups is 2. The summed E-state index contributed by atoms with van der Waals surface area (Å²) in [5, 5.41) is 2.89. The lowest BCUT2D eigenvalue weighted by atomic mass is 9.99. The second kappa shape index (κ2) is 9.57. The Labute approximate surface area is 157 Å². The number of hydrogen-bond donors (Lipinski definition) is 1. The Morgan fingerprint density at radius 2 is 1.73 bits per heavy atom. The molecule has 2 rings (SSSR count). The van der Waals surface area contributed by atoms with Crippen LogP contribution in [-0.2, 0) is 9.59 Å². The predicted octanol–water partition coefficient (Wildman–Crippen LogP) is 2.27. The largest absolute Gasteiger partial charge is 0.372 e. The third-order valence-electron chi connectivity index (χ3n) is 4.90. The van der Waals surface area contributed by atoms with Crippen LogP contribution in [0.5, 0.6) is 0 Å². The number of anilines is 2. The maximum Gasteiger partial charge on any atom is 0.243 e. The number of benzene rings is 1. The van der Waals surface area contributed by atoms with Gasteiger partial charge in [0.1, 0.15) is 0 Å². The highest BCUT2D eigenvalue weighted by molar-refractivity contribution is 5.94. The van der Waals surface area contributed by atoms with Crippen molar-refractivity contribution in [1.29, 1.82) is 0 Å². The van der Waals surface area contributed by atoms with Crippen LogP contribution in [0, 0.1) is 5.92 Å². The van der Waals surface area contributed by atoms with E-state index >= 15 is 0 Å². The summed E-state index contributed by atoms with van der Waals surface area (Å²) in [5.41, 5.74) is 1.96. The van der Waals surface area contributed by atoms with E-state index in [0.717, 1.165) is 31.2 Å². The Bertz CT molecular complexity index is 592. The molecule has 1 fully saturated rings. The molecular formula is C20H32N4O2. The molecule has 1 aromatic rings. The minimum Gasteiger partial charge on any atom is -0.372 e. The maximum atomic E-state index is 12.3. The average molecular weight is 361 g/mol. The second-order valence-electron chi connectivity index (χ2n) is 7.51. The van der Waals surface area contributed by atoms with Gasteiger partial charge in [-0.15, -0.1) is 0 Å². The molecule has 6 heteroatoms. The van der Waals surface area contributed by atoms with Gasteiger partial charge in [0.25, 0.3) is 0 Å². The van der Waals surface area contributed by atoms with E-state index in [1.54, 1.807) is 4.90 Å². The van der Waals surface area contributed by atoms with Crippen LogP contribution in [0.4, 0.5) is 11.4 Å². The molecule has 6 nitrogen and oxygen atoms in total. The highest BCUT2D eigenvalue weighted by Gasteiger charge is 2.17. The number of hydrogen-bond acceptors (Lipinski definition) is 4. The fourth-order valence-electron chi connectivity index (χ4n) is 3.06. The minimum atomic E-state index is -0.168. The first-order valence-electron chi connectivity index (χ1n) is 9.40. The van der Waals surface area contributed by atoms with Gasteiger partial charge >= 0.3 is 0 Å². The summed E-state index contributed by atoms with van der Waals surface area (Å²) < 4.78 is 0. The smallest absolute Gasteiger partial charge is 0.243 e. The van der Waals surface area contributed by atoms with Crippen LogP contribution in [-0.4, -0.2) is 68.4 Å². The molecule has 0 spiro atoms. The number of amides is 2. The van der Waals surface area contributed by atoms with Crippen molar-refractivity contribution in [3.8, 4) is 0 Å². The van der Waals surface area contributed by atoms with Crippen molar-refractivity contribution >= 4 is 23.2 Å². The van der Waals surface area contributed by atoms with E-state index in [0.29, 0.717) is 6.54 Å². The van der Waals surface area contributed by atoms with E-state index in [1.165, 1.54) is 25.5 Å². The lowest BCUT2D eigenvalue weighted by Crippen LogP contribution is -2.40. The number of nitrogens with zero attached hydrogens (tertiary/aromatic N) is 3. The van der Waals surface area contributed by atoms with E-state index in [9.17, 15) is 9.59 Å². The lowest BCUT2D eigenvalue weighted by molar-refractivity contribution is -0.132. The normalized spacial score (nSPS) is 15.2. The monoisotopic (exact) mass is 360 g/mol. The van der Waals surface area contributed by atoms with Crippen molar-refractivity contribution in [1.82, 2.24) is 9.80 Å². The van der Waals surface area contributed by atoms with Crippen LogP contribution in [0.1, 0.15) is 26.7 Å². The Morgan fingerprint density at radius 1 is 1.12 bits per heavy atom. The summed E-state index contributed by atoms with van der Waals surface area (Å²) in [6.45, 7) is 7.34. The maximum absolute atomic E-state index is 12.3. The Kier molecular flexibility index (Phi) is 7.45. The molecule has 0 radical (unpaired) electrons. The molecule has 0 bridgehead atoms. The zero-order valence-corrected chi connectivity index (χ0v) is 16.5. The van der Waals surface area contributed by atoms with E-state index < -0.39 is 0 Å². The van der Waals surface area contributed by atoms with Gasteiger partial charge in [0.05, 0.1) is 6.54 Å². The molecule has 1 aliphatic rings. The molecule has 26 heavy (non-hydrogen) atoms. The standard InChI is InChI=1S/C20H32N4O2/c1-16-9-11-23(12-10-16)19-7-5-18(6-8-19)21-20(26)15-24(17(2)25)14-13-22(3)4/h5-8,16H,9-15H2,1-4H3,(H,21,26). The molecule has 1 aromatic carbocycles. The van der Waals surface area contributed by atoms with Gasteiger partial charge in [-0.1, -0.05) is 6.92 Å². The predicted molar refractivity (Wildman–Crippen MR) is 106 cm³/mol. The molecule has 144 valence electrons. The number of nitrogens with one attached hydrogen (secondary N) is 1. The Balaban J connectivity index is 1.87.